The molecule has 128 valence electrons. The van der Waals surface area contributed by atoms with Crippen LogP contribution in [0.4, 0.5) is 0 Å². The highest BCUT2D eigenvalue weighted by atomic mass is 16.4. The molecule has 0 spiro atoms. The lowest BCUT2D eigenvalue weighted by atomic mass is 9.79. The van der Waals surface area contributed by atoms with Crippen molar-refractivity contribution in [1.29, 1.82) is 0 Å². The highest BCUT2D eigenvalue weighted by molar-refractivity contribution is 5.68. The Morgan fingerprint density at radius 1 is 1.22 bits per heavy atom. The zero-order valence-electron chi connectivity index (χ0n) is 14.3. The molecule has 0 radical (unpaired) electrons. The van der Waals surface area contributed by atoms with Gasteiger partial charge >= 0.3 is 5.97 Å². The van der Waals surface area contributed by atoms with Gasteiger partial charge in [-0.3, -0.25) is 9.78 Å². The minimum atomic E-state index is -1.08. The first-order valence-corrected chi connectivity index (χ1v) is 8.89. The Morgan fingerprint density at radius 3 is 2.26 bits per heavy atom. The van der Waals surface area contributed by atoms with E-state index in [0.29, 0.717) is 12.8 Å². The van der Waals surface area contributed by atoms with Crippen LogP contribution in [0, 0.1) is 5.92 Å². The van der Waals surface area contributed by atoms with E-state index in [0.717, 1.165) is 55.5 Å². The number of aliphatic carboxylic acids is 1. The molecule has 23 heavy (non-hydrogen) atoms. The van der Waals surface area contributed by atoms with Gasteiger partial charge in [-0.15, -0.1) is 0 Å². The van der Waals surface area contributed by atoms with Crippen molar-refractivity contribution in [3.8, 4) is 0 Å². The molecule has 1 aliphatic rings. The van der Waals surface area contributed by atoms with E-state index in [-0.39, 0.29) is 12.3 Å². The highest BCUT2D eigenvalue weighted by Gasteiger charge is 2.39. The summed E-state index contributed by atoms with van der Waals surface area (Å²) in [6, 6.07) is 4.18. The van der Waals surface area contributed by atoms with E-state index in [2.05, 4.69) is 31.0 Å². The molecule has 1 aliphatic carbocycles. The summed E-state index contributed by atoms with van der Waals surface area (Å²) in [5, 5.41) is 20.2. The maximum atomic E-state index is 11.2. The van der Waals surface area contributed by atoms with Crippen LogP contribution < -0.4 is 0 Å². The quantitative estimate of drug-likeness (QED) is 0.769. The number of aliphatic hydroxyl groups is 1. The lowest BCUT2D eigenvalue weighted by molar-refractivity contribution is -0.145. The van der Waals surface area contributed by atoms with Crippen molar-refractivity contribution in [2.24, 2.45) is 5.92 Å². The SMILES string of the molecule is CCc1cc(CCC(O)(CC(=O)O)C2CCCC2)cc(CC)n1. The second-order valence-electron chi connectivity index (χ2n) is 6.82. The fraction of sp³-hybridized carbons (Fsp3) is 0.684. The standard InChI is InChI=1S/C19H29NO3/c1-3-16-11-14(12-17(4-2)20-16)9-10-19(23,13-18(21)22)15-7-5-6-8-15/h11-12,15,23H,3-10,13H2,1-2H3,(H,21,22). The summed E-state index contributed by atoms with van der Waals surface area (Å²) in [5.41, 5.74) is 2.23. The monoisotopic (exact) mass is 319 g/mol. The van der Waals surface area contributed by atoms with Crippen LogP contribution in [0.15, 0.2) is 12.1 Å². The molecule has 1 atom stereocenters. The summed E-state index contributed by atoms with van der Waals surface area (Å²) in [6.45, 7) is 4.18. The fourth-order valence-corrected chi connectivity index (χ4v) is 3.75. The van der Waals surface area contributed by atoms with Gasteiger partial charge in [-0.2, -0.15) is 0 Å². The number of carboxylic acid groups (broad SMARTS) is 1. The molecule has 1 saturated carbocycles. The van der Waals surface area contributed by atoms with Crippen molar-refractivity contribution in [3.63, 3.8) is 0 Å². The van der Waals surface area contributed by atoms with Crippen LogP contribution in [-0.4, -0.2) is 26.8 Å². The van der Waals surface area contributed by atoms with Crippen LogP contribution in [0.25, 0.3) is 0 Å². The number of aromatic nitrogens is 1. The highest BCUT2D eigenvalue weighted by Crippen LogP contribution is 2.39. The van der Waals surface area contributed by atoms with E-state index in [1.54, 1.807) is 0 Å². The van der Waals surface area contributed by atoms with Gasteiger partial charge in [-0.25, -0.2) is 0 Å². The summed E-state index contributed by atoms with van der Waals surface area (Å²) in [5.74, 6) is -0.783. The lowest BCUT2D eigenvalue weighted by Gasteiger charge is -2.33. The molecule has 0 saturated heterocycles. The second kappa shape index (κ2) is 7.91. The Hall–Kier alpha value is -1.42. The minimum Gasteiger partial charge on any atom is -0.481 e. The van der Waals surface area contributed by atoms with Gasteiger partial charge < -0.3 is 10.2 Å². The molecule has 0 bridgehead atoms. The van der Waals surface area contributed by atoms with E-state index in [1.807, 2.05) is 0 Å². The number of hydrogen-bond acceptors (Lipinski definition) is 3. The molecule has 4 nitrogen and oxygen atoms in total. The number of hydrogen-bond donors (Lipinski definition) is 2. The lowest BCUT2D eigenvalue weighted by Crippen LogP contribution is -2.39. The van der Waals surface area contributed by atoms with Crippen molar-refractivity contribution < 1.29 is 15.0 Å². The number of carboxylic acids is 1. The summed E-state index contributed by atoms with van der Waals surface area (Å²) < 4.78 is 0. The van der Waals surface area contributed by atoms with E-state index in [4.69, 9.17) is 0 Å². The molecule has 0 aromatic carbocycles. The van der Waals surface area contributed by atoms with Crippen molar-refractivity contribution in [2.75, 3.05) is 0 Å². The van der Waals surface area contributed by atoms with Gasteiger partial charge in [0.15, 0.2) is 0 Å². The van der Waals surface area contributed by atoms with Gasteiger partial charge in [0.05, 0.1) is 12.0 Å². The van der Waals surface area contributed by atoms with Crippen LogP contribution >= 0.6 is 0 Å². The van der Waals surface area contributed by atoms with E-state index >= 15 is 0 Å². The molecule has 1 aromatic rings. The normalized spacial score (nSPS) is 18.0. The molecule has 2 N–H and O–H groups in total. The smallest absolute Gasteiger partial charge is 0.306 e. The van der Waals surface area contributed by atoms with Gasteiger partial charge in [-0.05, 0) is 62.1 Å². The van der Waals surface area contributed by atoms with Gasteiger partial charge in [0.1, 0.15) is 0 Å². The van der Waals surface area contributed by atoms with Crippen LogP contribution in [0.3, 0.4) is 0 Å². The molecular formula is C19H29NO3. The molecule has 2 rings (SSSR count). The summed E-state index contributed by atoms with van der Waals surface area (Å²) in [7, 11) is 0. The fourth-order valence-electron chi connectivity index (χ4n) is 3.75. The van der Waals surface area contributed by atoms with Gasteiger partial charge in [0.2, 0.25) is 0 Å². The third-order valence-corrected chi connectivity index (χ3v) is 5.13. The first-order chi connectivity index (χ1) is 11.0. The molecular weight excluding hydrogens is 290 g/mol. The molecule has 0 aliphatic heterocycles. The first kappa shape index (κ1) is 17.9. The van der Waals surface area contributed by atoms with Crippen LogP contribution in [-0.2, 0) is 24.1 Å². The molecule has 0 amide bonds. The average molecular weight is 319 g/mol. The van der Waals surface area contributed by atoms with E-state index in [1.165, 1.54) is 0 Å². The second-order valence-corrected chi connectivity index (χ2v) is 6.82. The van der Waals surface area contributed by atoms with E-state index < -0.39 is 11.6 Å². The summed E-state index contributed by atoms with van der Waals surface area (Å²) >= 11 is 0. The summed E-state index contributed by atoms with van der Waals surface area (Å²) in [6.07, 6.45) is 6.95. The van der Waals surface area contributed by atoms with Crippen LogP contribution in [0.2, 0.25) is 0 Å². The maximum absolute atomic E-state index is 11.2. The Balaban J connectivity index is 2.12. The summed E-state index contributed by atoms with van der Waals surface area (Å²) in [4.78, 5) is 15.8. The molecule has 1 unspecified atom stereocenters. The first-order valence-electron chi connectivity index (χ1n) is 8.89. The minimum absolute atomic E-state index is 0.122. The van der Waals surface area contributed by atoms with E-state index in [9.17, 15) is 15.0 Å². The average Bonchev–Trinajstić information content (AvgIpc) is 3.07. The Kier molecular flexibility index (Phi) is 6.17. The number of nitrogens with zero attached hydrogens (tertiary/aromatic N) is 1. The van der Waals surface area contributed by atoms with Crippen molar-refractivity contribution in [3.05, 3.63) is 29.1 Å². The number of rotatable bonds is 8. The number of aryl methyl sites for hydroxylation is 3. The van der Waals surface area contributed by atoms with Gasteiger partial charge in [0, 0.05) is 11.4 Å². The predicted octanol–water partition coefficient (Wildman–Crippen LogP) is 3.54. The Morgan fingerprint density at radius 2 is 1.78 bits per heavy atom. The predicted molar refractivity (Wildman–Crippen MR) is 90.5 cm³/mol. The Labute approximate surface area is 139 Å². The van der Waals surface area contributed by atoms with Crippen LogP contribution in [0.1, 0.15) is 69.3 Å². The Bertz CT molecular complexity index is 515. The molecule has 1 aromatic heterocycles. The van der Waals surface area contributed by atoms with Crippen molar-refractivity contribution in [2.45, 2.75) is 77.2 Å². The largest absolute Gasteiger partial charge is 0.481 e. The van der Waals surface area contributed by atoms with Gasteiger partial charge in [0.25, 0.3) is 0 Å². The molecule has 1 fully saturated rings. The topological polar surface area (TPSA) is 70.4 Å². The van der Waals surface area contributed by atoms with Crippen LogP contribution in [0.5, 0.6) is 0 Å². The third-order valence-electron chi connectivity index (χ3n) is 5.13. The van der Waals surface area contributed by atoms with Crippen molar-refractivity contribution >= 4 is 5.97 Å². The molecule has 1 heterocycles. The van der Waals surface area contributed by atoms with Gasteiger partial charge in [-0.1, -0.05) is 26.7 Å². The third kappa shape index (κ3) is 4.77. The zero-order chi connectivity index (χ0) is 16.9. The number of pyridine rings is 1. The zero-order valence-corrected chi connectivity index (χ0v) is 14.3. The number of carbonyl (C=O) groups is 1. The maximum Gasteiger partial charge on any atom is 0.306 e. The molecule has 4 heteroatoms. The van der Waals surface area contributed by atoms with Crippen molar-refractivity contribution in [1.82, 2.24) is 4.98 Å².